The molecule has 4 N–H and O–H groups in total. The highest BCUT2D eigenvalue weighted by molar-refractivity contribution is 6.08. The van der Waals surface area contributed by atoms with Crippen molar-refractivity contribution in [3.63, 3.8) is 0 Å². The average Bonchev–Trinajstić information content (AvgIpc) is 2.63. The van der Waals surface area contributed by atoms with Gasteiger partial charge in [-0.25, -0.2) is 0 Å². The summed E-state index contributed by atoms with van der Waals surface area (Å²) < 4.78 is 0. The monoisotopic (exact) mass is 245 g/mol. The number of hydrogen-bond donors (Lipinski definition) is 3. The average molecular weight is 245 g/mol. The number of aromatic nitrogens is 1. The first-order valence-electron chi connectivity index (χ1n) is 6.12. The molecule has 96 valence electrons. The molecule has 2 rings (SSSR count). The molecule has 0 bridgehead atoms. The Hall–Kier alpha value is -1.81. The Labute approximate surface area is 107 Å². The van der Waals surface area contributed by atoms with E-state index in [2.05, 4.69) is 10.3 Å². The smallest absolute Gasteiger partial charge is 0.253 e. The number of benzene rings is 1. The maximum atomic E-state index is 12.2. The van der Waals surface area contributed by atoms with Crippen LogP contribution in [-0.4, -0.2) is 23.5 Å². The number of carbonyl (C=O) groups is 1. The summed E-state index contributed by atoms with van der Waals surface area (Å²) in [5.41, 5.74) is 9.29. The van der Waals surface area contributed by atoms with Crippen LogP contribution >= 0.6 is 0 Å². The number of fused-ring (bicyclic) bond motifs is 1. The molecule has 0 aliphatic rings. The van der Waals surface area contributed by atoms with Gasteiger partial charge >= 0.3 is 0 Å². The van der Waals surface area contributed by atoms with Crippen LogP contribution in [0.1, 0.15) is 28.5 Å². The Balaban J connectivity index is 2.44. The summed E-state index contributed by atoms with van der Waals surface area (Å²) in [4.78, 5) is 15.5. The van der Waals surface area contributed by atoms with Gasteiger partial charge in [0.2, 0.25) is 0 Å². The third-order valence-electron chi connectivity index (χ3n) is 3.10. The van der Waals surface area contributed by atoms with Gasteiger partial charge in [-0.05, 0) is 32.4 Å². The number of nitrogens with two attached hydrogens (primary N) is 1. The molecule has 0 aliphatic heterocycles. The second-order valence-corrected chi connectivity index (χ2v) is 4.78. The van der Waals surface area contributed by atoms with Crippen LogP contribution < -0.4 is 11.1 Å². The van der Waals surface area contributed by atoms with E-state index in [9.17, 15) is 4.79 Å². The van der Waals surface area contributed by atoms with E-state index in [1.54, 1.807) is 0 Å². The van der Waals surface area contributed by atoms with Crippen molar-refractivity contribution in [2.45, 2.75) is 26.8 Å². The molecule has 4 nitrogen and oxygen atoms in total. The maximum Gasteiger partial charge on any atom is 0.253 e. The van der Waals surface area contributed by atoms with Crippen molar-refractivity contribution in [1.29, 1.82) is 0 Å². The van der Waals surface area contributed by atoms with E-state index in [1.165, 1.54) is 5.56 Å². The summed E-state index contributed by atoms with van der Waals surface area (Å²) in [6.45, 7) is 6.28. The van der Waals surface area contributed by atoms with Crippen LogP contribution in [0.25, 0.3) is 10.9 Å². The predicted molar refractivity (Wildman–Crippen MR) is 73.8 cm³/mol. The molecule has 1 heterocycles. The first kappa shape index (κ1) is 12.6. The Kier molecular flexibility index (Phi) is 3.39. The highest BCUT2D eigenvalue weighted by Crippen LogP contribution is 2.23. The highest BCUT2D eigenvalue weighted by Gasteiger charge is 2.17. The third-order valence-corrected chi connectivity index (χ3v) is 3.10. The van der Waals surface area contributed by atoms with Crippen molar-refractivity contribution in [1.82, 2.24) is 10.3 Å². The lowest BCUT2D eigenvalue weighted by Gasteiger charge is -2.11. The van der Waals surface area contributed by atoms with E-state index in [0.717, 1.165) is 16.6 Å². The lowest BCUT2D eigenvalue weighted by molar-refractivity contribution is 0.0942. The molecule has 4 heteroatoms. The van der Waals surface area contributed by atoms with Crippen LogP contribution in [-0.2, 0) is 0 Å². The normalized spacial score (nSPS) is 12.7. The standard InChI is InChI=1S/C14H19N3O/c1-8-4-5-11-12(6-8)17-10(3)13(11)14(18)16-9(2)7-15/h4-6,9,17H,7,15H2,1-3H3,(H,16,18). The van der Waals surface area contributed by atoms with E-state index in [1.807, 2.05) is 39.0 Å². The minimum absolute atomic E-state index is 0.0210. The number of carbonyl (C=O) groups excluding carboxylic acids is 1. The lowest BCUT2D eigenvalue weighted by Crippen LogP contribution is -2.37. The maximum absolute atomic E-state index is 12.2. The minimum Gasteiger partial charge on any atom is -0.358 e. The largest absolute Gasteiger partial charge is 0.358 e. The molecule has 1 unspecified atom stereocenters. The van der Waals surface area contributed by atoms with Crippen molar-refractivity contribution in [2.24, 2.45) is 5.73 Å². The second kappa shape index (κ2) is 4.82. The summed E-state index contributed by atoms with van der Waals surface area (Å²) in [6, 6.07) is 6.02. The number of rotatable bonds is 3. The molecule has 1 amide bonds. The molecule has 0 saturated carbocycles. The van der Waals surface area contributed by atoms with Gasteiger partial charge in [-0.15, -0.1) is 0 Å². The van der Waals surface area contributed by atoms with E-state index in [4.69, 9.17) is 5.73 Å². The molecular formula is C14H19N3O. The fourth-order valence-electron chi connectivity index (χ4n) is 2.09. The van der Waals surface area contributed by atoms with Gasteiger partial charge in [0.15, 0.2) is 0 Å². The number of H-pyrrole nitrogens is 1. The van der Waals surface area contributed by atoms with Crippen molar-refractivity contribution in [3.05, 3.63) is 35.0 Å². The van der Waals surface area contributed by atoms with E-state index in [0.29, 0.717) is 12.1 Å². The van der Waals surface area contributed by atoms with Gasteiger partial charge in [-0.1, -0.05) is 12.1 Å². The number of aryl methyl sites for hydroxylation is 2. The molecule has 1 aromatic heterocycles. The molecule has 0 radical (unpaired) electrons. The summed E-state index contributed by atoms with van der Waals surface area (Å²) in [6.07, 6.45) is 0. The minimum atomic E-state index is -0.0689. The zero-order chi connectivity index (χ0) is 13.3. The molecule has 0 saturated heterocycles. The molecule has 1 atom stereocenters. The first-order valence-corrected chi connectivity index (χ1v) is 6.12. The van der Waals surface area contributed by atoms with Crippen molar-refractivity contribution in [3.8, 4) is 0 Å². The topological polar surface area (TPSA) is 70.9 Å². The molecule has 18 heavy (non-hydrogen) atoms. The number of nitrogens with one attached hydrogen (secondary N) is 2. The Morgan fingerprint density at radius 1 is 1.44 bits per heavy atom. The Morgan fingerprint density at radius 2 is 2.17 bits per heavy atom. The van der Waals surface area contributed by atoms with Gasteiger partial charge < -0.3 is 16.0 Å². The summed E-state index contributed by atoms with van der Waals surface area (Å²) in [5, 5.41) is 3.85. The summed E-state index contributed by atoms with van der Waals surface area (Å²) in [7, 11) is 0. The second-order valence-electron chi connectivity index (χ2n) is 4.78. The van der Waals surface area contributed by atoms with Gasteiger partial charge in [0.25, 0.3) is 5.91 Å². The SMILES string of the molecule is Cc1ccc2c(C(=O)NC(C)CN)c(C)[nH]c2c1. The van der Waals surface area contributed by atoms with Crippen molar-refractivity contribution in [2.75, 3.05) is 6.54 Å². The summed E-state index contributed by atoms with van der Waals surface area (Å²) in [5.74, 6) is -0.0689. The van der Waals surface area contributed by atoms with E-state index in [-0.39, 0.29) is 11.9 Å². The van der Waals surface area contributed by atoms with Crippen LogP contribution in [0.3, 0.4) is 0 Å². The lowest BCUT2D eigenvalue weighted by atomic mass is 10.1. The van der Waals surface area contributed by atoms with Gasteiger partial charge in [0.1, 0.15) is 0 Å². The van der Waals surface area contributed by atoms with Crippen molar-refractivity contribution >= 4 is 16.8 Å². The fourth-order valence-corrected chi connectivity index (χ4v) is 2.09. The van der Waals surface area contributed by atoms with Gasteiger partial charge in [-0.2, -0.15) is 0 Å². The molecule has 1 aromatic carbocycles. The first-order chi connectivity index (χ1) is 8.52. The third kappa shape index (κ3) is 2.24. The van der Waals surface area contributed by atoms with Gasteiger partial charge in [-0.3, -0.25) is 4.79 Å². The predicted octanol–water partition coefficient (Wildman–Crippen LogP) is 1.86. The Morgan fingerprint density at radius 3 is 2.83 bits per heavy atom. The van der Waals surface area contributed by atoms with E-state index < -0.39 is 0 Å². The van der Waals surface area contributed by atoms with Crippen LogP contribution in [0.4, 0.5) is 0 Å². The zero-order valence-electron chi connectivity index (χ0n) is 11.0. The zero-order valence-corrected chi connectivity index (χ0v) is 11.0. The number of hydrogen-bond acceptors (Lipinski definition) is 2. The Bertz CT molecular complexity index is 586. The van der Waals surface area contributed by atoms with Crippen molar-refractivity contribution < 1.29 is 4.79 Å². The van der Waals surface area contributed by atoms with E-state index >= 15 is 0 Å². The molecule has 0 aliphatic carbocycles. The van der Waals surface area contributed by atoms with Crippen LogP contribution in [0, 0.1) is 13.8 Å². The van der Waals surface area contributed by atoms with Crippen LogP contribution in [0.15, 0.2) is 18.2 Å². The molecular weight excluding hydrogens is 226 g/mol. The number of aromatic amines is 1. The molecule has 0 fully saturated rings. The molecule has 0 spiro atoms. The van der Waals surface area contributed by atoms with Crippen LogP contribution in [0.5, 0.6) is 0 Å². The fraction of sp³-hybridized carbons (Fsp3) is 0.357. The van der Waals surface area contributed by atoms with Gasteiger partial charge in [0, 0.05) is 29.2 Å². The highest BCUT2D eigenvalue weighted by atomic mass is 16.1. The quantitative estimate of drug-likeness (QED) is 0.772. The van der Waals surface area contributed by atoms with Crippen LogP contribution in [0.2, 0.25) is 0 Å². The number of amides is 1. The summed E-state index contributed by atoms with van der Waals surface area (Å²) >= 11 is 0. The van der Waals surface area contributed by atoms with Gasteiger partial charge in [0.05, 0.1) is 5.56 Å². The molecule has 2 aromatic rings.